The van der Waals surface area contributed by atoms with Crippen LogP contribution in [0.15, 0.2) is 53.7 Å². The molecule has 0 aromatic carbocycles. The first-order valence-electron chi connectivity index (χ1n) is 6.74. The Labute approximate surface area is 127 Å². The lowest BCUT2D eigenvalue weighted by molar-refractivity contribution is 0.102. The Morgan fingerprint density at radius 1 is 1.41 bits per heavy atom. The number of methoxy groups -OCH3 is 1. The van der Waals surface area contributed by atoms with E-state index >= 15 is 0 Å². The molecular formula is C16H16FN3O2. The largest absolute Gasteiger partial charge is 0.495 e. The lowest BCUT2D eigenvalue weighted by Gasteiger charge is -2.14. The van der Waals surface area contributed by atoms with Crippen LogP contribution in [0.25, 0.3) is 0 Å². The highest BCUT2D eigenvalue weighted by Gasteiger charge is 2.20. The predicted molar refractivity (Wildman–Crippen MR) is 81.9 cm³/mol. The number of hydrogen-bond donors (Lipinski definition) is 2. The summed E-state index contributed by atoms with van der Waals surface area (Å²) < 4.78 is 18.4. The fourth-order valence-electron chi connectivity index (χ4n) is 1.96. The lowest BCUT2D eigenvalue weighted by Crippen LogP contribution is -2.25. The number of carbonyl (C=O) groups is 1. The van der Waals surface area contributed by atoms with Crippen LogP contribution in [-0.4, -0.2) is 30.1 Å². The van der Waals surface area contributed by atoms with Crippen molar-refractivity contribution in [2.24, 2.45) is 0 Å². The standard InChI is InChI=1S/C16H16FN3O2/c1-3-19-15(12-8-10(17)4-6-13(12)18)16(21)14-7-5-11(22-2)9-20-14/h4-9,18-19H,3H2,1-2H3/b15-12-,18-13?. The molecule has 1 aromatic heterocycles. The van der Waals surface area contributed by atoms with Crippen molar-refractivity contribution in [1.29, 1.82) is 5.41 Å². The van der Waals surface area contributed by atoms with Gasteiger partial charge in [0.15, 0.2) is 0 Å². The predicted octanol–water partition coefficient (Wildman–Crippen LogP) is 2.58. The number of nitrogens with one attached hydrogen (secondary N) is 2. The molecule has 1 aromatic rings. The molecule has 5 nitrogen and oxygen atoms in total. The van der Waals surface area contributed by atoms with Gasteiger partial charge in [-0.25, -0.2) is 9.37 Å². The first-order chi connectivity index (χ1) is 10.6. The second-order valence-electron chi connectivity index (χ2n) is 4.51. The van der Waals surface area contributed by atoms with Gasteiger partial charge in [0, 0.05) is 12.1 Å². The Hall–Kier alpha value is -2.76. The van der Waals surface area contributed by atoms with Crippen LogP contribution in [0.2, 0.25) is 0 Å². The zero-order valence-corrected chi connectivity index (χ0v) is 12.3. The van der Waals surface area contributed by atoms with Gasteiger partial charge in [-0.05, 0) is 37.3 Å². The second kappa shape index (κ2) is 6.80. The first kappa shape index (κ1) is 15.6. The van der Waals surface area contributed by atoms with Crippen LogP contribution in [0.5, 0.6) is 5.75 Å². The minimum Gasteiger partial charge on any atom is -0.495 e. The average molecular weight is 301 g/mol. The molecule has 1 heterocycles. The molecule has 2 rings (SSSR count). The van der Waals surface area contributed by atoms with Gasteiger partial charge in [0.05, 0.1) is 24.7 Å². The Kier molecular flexibility index (Phi) is 4.83. The molecule has 0 bridgehead atoms. The zero-order chi connectivity index (χ0) is 16.1. The number of allylic oxidation sites excluding steroid dienone is 6. The van der Waals surface area contributed by atoms with E-state index in [0.29, 0.717) is 12.3 Å². The maximum Gasteiger partial charge on any atom is 0.227 e. The Bertz CT molecular complexity index is 688. The summed E-state index contributed by atoms with van der Waals surface area (Å²) >= 11 is 0. The van der Waals surface area contributed by atoms with Crippen LogP contribution >= 0.6 is 0 Å². The van der Waals surface area contributed by atoms with E-state index in [0.717, 1.165) is 0 Å². The molecule has 0 saturated heterocycles. The number of Topliss-reactive ketones (excluding diaryl/α,β-unsaturated/α-hetero) is 1. The van der Waals surface area contributed by atoms with Gasteiger partial charge in [0.2, 0.25) is 5.78 Å². The number of nitrogens with zero attached hydrogens (tertiary/aromatic N) is 1. The molecule has 22 heavy (non-hydrogen) atoms. The van der Waals surface area contributed by atoms with Crippen molar-refractivity contribution >= 4 is 11.5 Å². The summed E-state index contributed by atoms with van der Waals surface area (Å²) in [6.07, 6.45) is 5.11. The van der Waals surface area contributed by atoms with E-state index < -0.39 is 11.6 Å². The first-order valence-corrected chi connectivity index (χ1v) is 6.74. The quantitative estimate of drug-likeness (QED) is 0.647. The summed E-state index contributed by atoms with van der Waals surface area (Å²) in [5.74, 6) is -0.367. The number of hydrogen-bond acceptors (Lipinski definition) is 5. The molecule has 6 heteroatoms. The fraction of sp³-hybridized carbons (Fsp3) is 0.188. The molecule has 0 amide bonds. The smallest absolute Gasteiger partial charge is 0.227 e. The summed E-state index contributed by atoms with van der Waals surface area (Å²) in [6.45, 7) is 2.28. The van der Waals surface area contributed by atoms with Gasteiger partial charge in [-0.2, -0.15) is 0 Å². The van der Waals surface area contributed by atoms with Gasteiger partial charge in [-0.15, -0.1) is 0 Å². The third-order valence-corrected chi connectivity index (χ3v) is 3.04. The second-order valence-corrected chi connectivity index (χ2v) is 4.51. The Morgan fingerprint density at radius 3 is 2.77 bits per heavy atom. The fourth-order valence-corrected chi connectivity index (χ4v) is 1.96. The van der Waals surface area contributed by atoms with E-state index in [1.165, 1.54) is 37.6 Å². The van der Waals surface area contributed by atoms with E-state index in [9.17, 15) is 9.18 Å². The highest BCUT2D eigenvalue weighted by Crippen LogP contribution is 2.19. The van der Waals surface area contributed by atoms with Crippen LogP contribution in [0.3, 0.4) is 0 Å². The van der Waals surface area contributed by atoms with Crippen LogP contribution in [0, 0.1) is 5.41 Å². The van der Waals surface area contributed by atoms with Gasteiger partial charge in [0.25, 0.3) is 0 Å². The van der Waals surface area contributed by atoms with Gasteiger partial charge >= 0.3 is 0 Å². The number of aromatic nitrogens is 1. The zero-order valence-electron chi connectivity index (χ0n) is 12.3. The van der Waals surface area contributed by atoms with Crippen LogP contribution in [-0.2, 0) is 0 Å². The molecule has 1 aliphatic rings. The molecule has 1 aliphatic carbocycles. The third kappa shape index (κ3) is 3.28. The number of ether oxygens (including phenoxy) is 1. The molecule has 0 fully saturated rings. The SMILES string of the molecule is CCN/C(C(=O)c1ccc(OC)cn1)=C1/C=C(F)C=CC1=N. The van der Waals surface area contributed by atoms with Crippen molar-refractivity contribution in [3.05, 3.63) is 59.3 Å². The summed E-state index contributed by atoms with van der Waals surface area (Å²) in [4.78, 5) is 16.6. The number of rotatable bonds is 5. The third-order valence-electron chi connectivity index (χ3n) is 3.04. The molecule has 114 valence electrons. The van der Waals surface area contributed by atoms with Crippen molar-refractivity contribution in [2.45, 2.75) is 6.92 Å². The van der Waals surface area contributed by atoms with Gasteiger partial charge in [-0.1, -0.05) is 0 Å². The highest BCUT2D eigenvalue weighted by atomic mass is 19.1. The Morgan fingerprint density at radius 2 is 2.18 bits per heavy atom. The van der Waals surface area contributed by atoms with Crippen molar-refractivity contribution in [1.82, 2.24) is 10.3 Å². The maximum atomic E-state index is 13.4. The minimum absolute atomic E-state index is 0.0687. The van der Waals surface area contributed by atoms with Gasteiger partial charge in [0.1, 0.15) is 17.3 Å². The van der Waals surface area contributed by atoms with Crippen LogP contribution < -0.4 is 10.1 Å². The van der Waals surface area contributed by atoms with Gasteiger partial charge < -0.3 is 15.5 Å². The van der Waals surface area contributed by atoms with Crippen molar-refractivity contribution < 1.29 is 13.9 Å². The highest BCUT2D eigenvalue weighted by molar-refractivity contribution is 6.18. The van der Waals surface area contributed by atoms with Crippen molar-refractivity contribution in [2.75, 3.05) is 13.7 Å². The van der Waals surface area contributed by atoms with Gasteiger partial charge in [-0.3, -0.25) is 4.79 Å². The number of pyridine rings is 1. The molecule has 0 radical (unpaired) electrons. The molecule has 0 spiro atoms. The number of likely N-dealkylation sites (N-methyl/N-ethyl adjacent to an activating group) is 1. The average Bonchev–Trinajstić information content (AvgIpc) is 2.54. The number of halogens is 1. The minimum atomic E-state index is -0.503. The normalized spacial score (nSPS) is 16.1. The topological polar surface area (TPSA) is 75.1 Å². The van der Waals surface area contributed by atoms with E-state index in [1.807, 2.05) is 6.92 Å². The van der Waals surface area contributed by atoms with Crippen molar-refractivity contribution in [3.8, 4) is 5.75 Å². The van der Waals surface area contributed by atoms with E-state index in [1.54, 1.807) is 6.07 Å². The monoisotopic (exact) mass is 301 g/mol. The Balaban J connectivity index is 2.44. The summed E-state index contributed by atoms with van der Waals surface area (Å²) in [5, 5.41) is 10.8. The van der Waals surface area contributed by atoms with E-state index in [4.69, 9.17) is 10.1 Å². The number of ketones is 1. The number of carbonyl (C=O) groups excluding carboxylic acids is 1. The van der Waals surface area contributed by atoms with E-state index in [-0.39, 0.29) is 22.7 Å². The van der Waals surface area contributed by atoms with Crippen LogP contribution in [0.4, 0.5) is 4.39 Å². The summed E-state index contributed by atoms with van der Waals surface area (Å²) in [6, 6.07) is 3.15. The summed E-state index contributed by atoms with van der Waals surface area (Å²) in [5.41, 5.74) is 0.633. The molecular weight excluding hydrogens is 285 g/mol. The van der Waals surface area contributed by atoms with E-state index in [2.05, 4.69) is 10.3 Å². The summed E-state index contributed by atoms with van der Waals surface area (Å²) in [7, 11) is 1.51. The van der Waals surface area contributed by atoms with Crippen LogP contribution in [0.1, 0.15) is 17.4 Å². The lowest BCUT2D eigenvalue weighted by atomic mass is 9.99. The van der Waals surface area contributed by atoms with Crippen molar-refractivity contribution in [3.63, 3.8) is 0 Å². The molecule has 2 N–H and O–H groups in total. The molecule has 0 atom stereocenters. The molecule has 0 aliphatic heterocycles. The molecule has 0 unspecified atom stereocenters. The molecule has 0 saturated carbocycles. The maximum absolute atomic E-state index is 13.4.